The number of benzene rings is 2. The highest BCUT2D eigenvalue weighted by atomic mass is 19.1. The molecule has 3 rings (SSSR count). The molecule has 0 bridgehead atoms. The Balaban J connectivity index is 1.88. The molecule has 0 aliphatic carbocycles. The summed E-state index contributed by atoms with van der Waals surface area (Å²) >= 11 is 0. The van der Waals surface area contributed by atoms with Crippen molar-refractivity contribution < 1.29 is 13.9 Å². The van der Waals surface area contributed by atoms with Gasteiger partial charge in [-0.15, -0.1) is 0 Å². The number of hydrogen-bond acceptors (Lipinski definition) is 3. The number of nitrogens with one attached hydrogen (secondary N) is 1. The Kier molecular flexibility index (Phi) is 4.61. The lowest BCUT2D eigenvalue weighted by Gasteiger charge is -2.13. The van der Waals surface area contributed by atoms with Crippen LogP contribution < -0.4 is 15.6 Å². The van der Waals surface area contributed by atoms with Crippen LogP contribution in [0.15, 0.2) is 71.7 Å². The van der Waals surface area contributed by atoms with E-state index in [1.807, 2.05) is 18.2 Å². The molecule has 0 saturated heterocycles. The van der Waals surface area contributed by atoms with Gasteiger partial charge in [0.05, 0.1) is 11.3 Å². The van der Waals surface area contributed by atoms with Crippen molar-refractivity contribution in [3.8, 4) is 11.5 Å². The van der Waals surface area contributed by atoms with Gasteiger partial charge in [0.15, 0.2) is 5.75 Å². The van der Waals surface area contributed by atoms with E-state index >= 15 is 0 Å². The van der Waals surface area contributed by atoms with E-state index < -0.39 is 11.7 Å². The maximum absolute atomic E-state index is 13.6. The number of pyridine rings is 1. The van der Waals surface area contributed by atoms with E-state index in [9.17, 15) is 14.0 Å². The van der Waals surface area contributed by atoms with E-state index in [4.69, 9.17) is 4.74 Å². The molecule has 0 fully saturated rings. The van der Waals surface area contributed by atoms with Crippen LogP contribution in [-0.4, -0.2) is 10.5 Å². The van der Waals surface area contributed by atoms with E-state index in [1.54, 1.807) is 19.2 Å². The number of hydrogen-bond donors (Lipinski definition) is 1. The normalized spacial score (nSPS) is 10.3. The minimum Gasteiger partial charge on any atom is -0.455 e. The summed E-state index contributed by atoms with van der Waals surface area (Å²) in [5.74, 6) is -0.104. The number of anilines is 1. The Bertz CT molecular complexity index is 968. The van der Waals surface area contributed by atoms with E-state index in [-0.39, 0.29) is 16.8 Å². The van der Waals surface area contributed by atoms with Crippen molar-refractivity contribution in [1.29, 1.82) is 0 Å². The molecule has 1 N–H and O–H groups in total. The predicted octanol–water partition coefficient (Wildman–Crippen LogP) is 3.57. The Morgan fingerprint density at radius 2 is 1.84 bits per heavy atom. The third-order valence-corrected chi connectivity index (χ3v) is 3.51. The van der Waals surface area contributed by atoms with E-state index in [0.717, 1.165) is 0 Å². The molecule has 0 radical (unpaired) electrons. The summed E-state index contributed by atoms with van der Waals surface area (Å²) in [6.45, 7) is 0. The molecule has 126 valence electrons. The second kappa shape index (κ2) is 7.00. The number of para-hydroxylation sites is 1. The van der Waals surface area contributed by atoms with Gasteiger partial charge in [-0.25, -0.2) is 4.39 Å². The molecule has 0 spiro atoms. The molecular weight excluding hydrogens is 323 g/mol. The number of carbonyl (C=O) groups excluding carboxylic acids is 1. The fourth-order valence-electron chi connectivity index (χ4n) is 2.23. The van der Waals surface area contributed by atoms with Gasteiger partial charge in [0.2, 0.25) is 5.56 Å². The van der Waals surface area contributed by atoms with Gasteiger partial charge in [-0.3, -0.25) is 9.59 Å². The van der Waals surface area contributed by atoms with Crippen LogP contribution in [0.3, 0.4) is 0 Å². The highest BCUT2D eigenvalue weighted by Gasteiger charge is 2.12. The molecule has 0 atom stereocenters. The smallest absolute Gasteiger partial charge is 0.257 e. The Hall–Kier alpha value is -3.41. The van der Waals surface area contributed by atoms with Crippen LogP contribution in [0.2, 0.25) is 0 Å². The number of carbonyl (C=O) groups is 1. The van der Waals surface area contributed by atoms with Crippen molar-refractivity contribution in [3.63, 3.8) is 0 Å². The topological polar surface area (TPSA) is 60.3 Å². The fraction of sp³-hybridized carbons (Fsp3) is 0.0526. The number of ether oxygens (including phenoxy) is 1. The predicted molar refractivity (Wildman–Crippen MR) is 92.6 cm³/mol. The summed E-state index contributed by atoms with van der Waals surface area (Å²) in [6.07, 6.45) is 1.41. The first-order chi connectivity index (χ1) is 12.0. The third kappa shape index (κ3) is 3.92. The largest absolute Gasteiger partial charge is 0.455 e. The first-order valence-electron chi connectivity index (χ1n) is 7.53. The van der Waals surface area contributed by atoms with E-state index in [1.165, 1.54) is 41.1 Å². The molecule has 3 aromatic rings. The van der Waals surface area contributed by atoms with Gasteiger partial charge in [0.25, 0.3) is 5.91 Å². The van der Waals surface area contributed by atoms with Crippen LogP contribution in [0.1, 0.15) is 10.4 Å². The molecule has 0 aliphatic heterocycles. The highest BCUT2D eigenvalue weighted by molar-refractivity contribution is 6.04. The molecule has 0 unspecified atom stereocenters. The Morgan fingerprint density at radius 1 is 1.08 bits per heavy atom. The summed E-state index contributed by atoms with van der Waals surface area (Å²) in [5, 5.41) is 2.62. The standard InChI is InChI=1S/C19H15FN2O3/c1-22-12-13(7-10-18(22)23)19(24)21-16-11-14(20)8-9-17(16)25-15-5-3-2-4-6-15/h2-12H,1H3,(H,21,24). The Labute approximate surface area is 143 Å². The molecule has 6 heteroatoms. The monoisotopic (exact) mass is 338 g/mol. The molecule has 5 nitrogen and oxygen atoms in total. The lowest BCUT2D eigenvalue weighted by Crippen LogP contribution is -2.19. The molecule has 1 aromatic heterocycles. The maximum Gasteiger partial charge on any atom is 0.257 e. The molecule has 1 heterocycles. The molecule has 25 heavy (non-hydrogen) atoms. The minimum atomic E-state index is -0.504. The van der Waals surface area contributed by atoms with Gasteiger partial charge in [-0.1, -0.05) is 18.2 Å². The summed E-state index contributed by atoms with van der Waals surface area (Å²) in [5.41, 5.74) is 0.245. The molecular formula is C19H15FN2O3. The maximum atomic E-state index is 13.6. The summed E-state index contributed by atoms with van der Waals surface area (Å²) in [4.78, 5) is 23.8. The van der Waals surface area contributed by atoms with Crippen LogP contribution in [0, 0.1) is 5.82 Å². The van der Waals surface area contributed by atoms with Crippen LogP contribution in [0.5, 0.6) is 11.5 Å². The lowest BCUT2D eigenvalue weighted by atomic mass is 10.2. The van der Waals surface area contributed by atoms with Gasteiger partial charge in [0, 0.05) is 25.4 Å². The van der Waals surface area contributed by atoms with Crippen molar-refractivity contribution >= 4 is 11.6 Å². The van der Waals surface area contributed by atoms with Gasteiger partial charge in [-0.05, 0) is 30.3 Å². The van der Waals surface area contributed by atoms with E-state index in [0.29, 0.717) is 11.5 Å². The van der Waals surface area contributed by atoms with Crippen molar-refractivity contribution in [3.05, 3.63) is 88.6 Å². The second-order valence-corrected chi connectivity index (χ2v) is 5.38. The van der Waals surface area contributed by atoms with Gasteiger partial charge < -0.3 is 14.6 Å². The number of aromatic nitrogens is 1. The zero-order chi connectivity index (χ0) is 17.8. The van der Waals surface area contributed by atoms with Crippen molar-refractivity contribution in [2.24, 2.45) is 7.05 Å². The number of halogens is 1. The van der Waals surface area contributed by atoms with Gasteiger partial charge >= 0.3 is 0 Å². The van der Waals surface area contributed by atoms with Gasteiger partial charge in [-0.2, -0.15) is 0 Å². The highest BCUT2D eigenvalue weighted by Crippen LogP contribution is 2.30. The summed E-state index contributed by atoms with van der Waals surface area (Å²) < 4.78 is 20.6. The number of nitrogens with zero attached hydrogens (tertiary/aromatic N) is 1. The van der Waals surface area contributed by atoms with Crippen molar-refractivity contribution in [1.82, 2.24) is 4.57 Å². The van der Waals surface area contributed by atoms with Crippen LogP contribution >= 0.6 is 0 Å². The number of amides is 1. The quantitative estimate of drug-likeness (QED) is 0.791. The molecule has 0 aliphatic rings. The fourth-order valence-corrected chi connectivity index (χ4v) is 2.23. The average molecular weight is 338 g/mol. The summed E-state index contributed by atoms with van der Waals surface area (Å²) in [7, 11) is 1.55. The molecule has 1 amide bonds. The SMILES string of the molecule is Cn1cc(C(=O)Nc2cc(F)ccc2Oc2ccccc2)ccc1=O. The van der Waals surface area contributed by atoms with Crippen LogP contribution in [-0.2, 0) is 7.05 Å². The van der Waals surface area contributed by atoms with Crippen molar-refractivity contribution in [2.75, 3.05) is 5.32 Å². The van der Waals surface area contributed by atoms with Crippen molar-refractivity contribution in [2.45, 2.75) is 0 Å². The third-order valence-electron chi connectivity index (χ3n) is 3.51. The first kappa shape index (κ1) is 16.4. The zero-order valence-electron chi connectivity index (χ0n) is 13.4. The summed E-state index contributed by atoms with van der Waals surface area (Å²) in [6, 6.07) is 15.5. The molecule has 2 aromatic carbocycles. The van der Waals surface area contributed by atoms with Crippen LogP contribution in [0.4, 0.5) is 10.1 Å². The Morgan fingerprint density at radius 3 is 2.56 bits per heavy atom. The lowest BCUT2D eigenvalue weighted by molar-refractivity contribution is 0.102. The number of rotatable bonds is 4. The molecule has 0 saturated carbocycles. The second-order valence-electron chi connectivity index (χ2n) is 5.38. The minimum absolute atomic E-state index is 0.197. The first-order valence-corrected chi connectivity index (χ1v) is 7.53. The zero-order valence-corrected chi connectivity index (χ0v) is 13.4. The number of aryl methyl sites for hydroxylation is 1. The average Bonchev–Trinajstić information content (AvgIpc) is 2.60. The van der Waals surface area contributed by atoms with Gasteiger partial charge in [0.1, 0.15) is 11.6 Å². The van der Waals surface area contributed by atoms with E-state index in [2.05, 4.69) is 5.32 Å². The van der Waals surface area contributed by atoms with Crippen LogP contribution in [0.25, 0.3) is 0 Å².